The number of rotatable bonds is 6. The van der Waals surface area contributed by atoms with Gasteiger partial charge in [0.05, 0.1) is 17.6 Å². The van der Waals surface area contributed by atoms with Crippen molar-refractivity contribution in [2.75, 3.05) is 13.6 Å². The molecule has 0 aromatic heterocycles. The highest BCUT2D eigenvalue weighted by molar-refractivity contribution is 5.94. The number of Topliss-reactive ketones (excluding diaryl/α,β-unsaturated/α-hetero) is 2. The Bertz CT molecular complexity index is 336. The number of hydrogen-bond donors (Lipinski definition) is 2. The standard InChI is InChI=1S/C11H19F3N2O2/c1-9(2,15-5)7(17)6-16-10(3,4)8(18)11(12,13)14/h15-16H,6H2,1-5H3. The molecule has 0 spiro atoms. The number of halogens is 3. The molecule has 0 aliphatic heterocycles. The van der Waals surface area contributed by atoms with Crippen molar-refractivity contribution in [1.82, 2.24) is 10.6 Å². The summed E-state index contributed by atoms with van der Waals surface area (Å²) >= 11 is 0. The number of hydrogen-bond acceptors (Lipinski definition) is 4. The average Bonchev–Trinajstić information content (AvgIpc) is 2.23. The zero-order valence-electron chi connectivity index (χ0n) is 11.2. The van der Waals surface area contributed by atoms with E-state index in [2.05, 4.69) is 10.6 Å². The van der Waals surface area contributed by atoms with Crippen LogP contribution in [0.3, 0.4) is 0 Å². The lowest BCUT2D eigenvalue weighted by Crippen LogP contribution is -2.57. The van der Waals surface area contributed by atoms with Gasteiger partial charge in [0.2, 0.25) is 0 Å². The van der Waals surface area contributed by atoms with Crippen molar-refractivity contribution in [3.8, 4) is 0 Å². The van der Waals surface area contributed by atoms with Gasteiger partial charge in [-0.05, 0) is 34.7 Å². The predicted octanol–water partition coefficient (Wildman–Crippen LogP) is 1.05. The van der Waals surface area contributed by atoms with E-state index in [1.165, 1.54) is 0 Å². The topological polar surface area (TPSA) is 58.2 Å². The summed E-state index contributed by atoms with van der Waals surface area (Å²) in [7, 11) is 1.57. The number of ketones is 2. The van der Waals surface area contributed by atoms with Gasteiger partial charge in [0, 0.05) is 0 Å². The Kier molecular flexibility index (Phi) is 5.07. The molecule has 0 aromatic carbocycles. The first-order valence-electron chi connectivity index (χ1n) is 5.43. The van der Waals surface area contributed by atoms with Crippen LogP contribution in [0.25, 0.3) is 0 Å². The van der Waals surface area contributed by atoms with Gasteiger partial charge in [-0.3, -0.25) is 14.9 Å². The van der Waals surface area contributed by atoms with Gasteiger partial charge in [0.1, 0.15) is 0 Å². The van der Waals surface area contributed by atoms with E-state index >= 15 is 0 Å². The van der Waals surface area contributed by atoms with E-state index < -0.39 is 23.0 Å². The highest BCUT2D eigenvalue weighted by atomic mass is 19.4. The molecule has 0 atom stereocenters. The van der Waals surface area contributed by atoms with Crippen LogP contribution in [-0.2, 0) is 9.59 Å². The van der Waals surface area contributed by atoms with E-state index in [1.807, 2.05) is 0 Å². The smallest absolute Gasteiger partial charge is 0.308 e. The van der Waals surface area contributed by atoms with Crippen molar-refractivity contribution >= 4 is 11.6 Å². The molecule has 0 aliphatic rings. The van der Waals surface area contributed by atoms with Crippen molar-refractivity contribution in [2.24, 2.45) is 0 Å². The van der Waals surface area contributed by atoms with Gasteiger partial charge in [0.25, 0.3) is 5.78 Å². The molecule has 0 amide bonds. The lowest BCUT2D eigenvalue weighted by molar-refractivity contribution is -0.177. The largest absolute Gasteiger partial charge is 0.451 e. The molecule has 0 radical (unpaired) electrons. The SMILES string of the molecule is CNC(C)(C)C(=O)CNC(C)(C)C(=O)C(F)(F)F. The van der Waals surface area contributed by atoms with Gasteiger partial charge in [-0.1, -0.05) is 0 Å². The van der Waals surface area contributed by atoms with Gasteiger partial charge in [-0.2, -0.15) is 13.2 Å². The molecule has 4 nitrogen and oxygen atoms in total. The molecule has 0 aliphatic carbocycles. The third kappa shape index (κ3) is 4.38. The average molecular weight is 268 g/mol. The molecule has 0 saturated carbocycles. The van der Waals surface area contributed by atoms with Gasteiger partial charge >= 0.3 is 6.18 Å². The lowest BCUT2D eigenvalue weighted by atomic mass is 9.95. The minimum absolute atomic E-state index is 0.317. The molecule has 0 rings (SSSR count). The molecular weight excluding hydrogens is 249 g/mol. The Morgan fingerprint density at radius 3 is 1.78 bits per heavy atom. The van der Waals surface area contributed by atoms with E-state index in [-0.39, 0.29) is 12.3 Å². The Labute approximate surface area is 104 Å². The summed E-state index contributed by atoms with van der Waals surface area (Å²) in [6.45, 7) is 5.10. The van der Waals surface area contributed by atoms with E-state index in [0.29, 0.717) is 0 Å². The molecule has 2 N–H and O–H groups in total. The highest BCUT2D eigenvalue weighted by Crippen LogP contribution is 2.23. The number of carbonyl (C=O) groups is 2. The summed E-state index contributed by atoms with van der Waals surface area (Å²) in [5.74, 6) is -2.22. The third-order valence-electron chi connectivity index (χ3n) is 2.84. The van der Waals surface area contributed by atoms with Crippen molar-refractivity contribution in [1.29, 1.82) is 0 Å². The van der Waals surface area contributed by atoms with Gasteiger partial charge in [-0.25, -0.2) is 0 Å². The van der Waals surface area contributed by atoms with Crippen molar-refractivity contribution < 1.29 is 22.8 Å². The summed E-state index contributed by atoms with van der Waals surface area (Å²) in [6, 6.07) is 0. The maximum absolute atomic E-state index is 12.3. The van der Waals surface area contributed by atoms with Crippen LogP contribution < -0.4 is 10.6 Å². The lowest BCUT2D eigenvalue weighted by Gasteiger charge is -2.28. The highest BCUT2D eigenvalue weighted by Gasteiger charge is 2.47. The first-order valence-corrected chi connectivity index (χ1v) is 5.43. The van der Waals surface area contributed by atoms with E-state index in [4.69, 9.17) is 0 Å². The number of carbonyl (C=O) groups excluding carboxylic acids is 2. The minimum atomic E-state index is -4.92. The normalized spacial score (nSPS) is 13.6. The Hall–Kier alpha value is -0.950. The van der Waals surface area contributed by atoms with E-state index in [0.717, 1.165) is 13.8 Å². The van der Waals surface area contributed by atoms with Gasteiger partial charge in [0.15, 0.2) is 5.78 Å². The van der Waals surface area contributed by atoms with Crippen LogP contribution in [0.2, 0.25) is 0 Å². The monoisotopic (exact) mass is 268 g/mol. The maximum atomic E-state index is 12.3. The molecule has 18 heavy (non-hydrogen) atoms. The fourth-order valence-corrected chi connectivity index (χ4v) is 1.10. The number of nitrogens with one attached hydrogen (secondary N) is 2. The predicted molar refractivity (Wildman–Crippen MR) is 61.3 cm³/mol. The molecule has 106 valence electrons. The molecular formula is C11H19F3N2O2. The Morgan fingerprint density at radius 2 is 1.44 bits per heavy atom. The first-order chi connectivity index (χ1) is 7.84. The van der Waals surface area contributed by atoms with Crippen LogP contribution in [0.15, 0.2) is 0 Å². The summed E-state index contributed by atoms with van der Waals surface area (Å²) in [6.07, 6.45) is -4.92. The second-order valence-electron chi connectivity index (χ2n) is 5.10. The molecule has 7 heteroatoms. The zero-order chi connectivity index (χ0) is 14.8. The van der Waals surface area contributed by atoms with Crippen LogP contribution >= 0.6 is 0 Å². The number of alkyl halides is 3. The molecule has 0 fully saturated rings. The van der Waals surface area contributed by atoms with Crippen molar-refractivity contribution in [3.05, 3.63) is 0 Å². The van der Waals surface area contributed by atoms with Crippen LogP contribution in [0.5, 0.6) is 0 Å². The first kappa shape index (κ1) is 17.1. The van der Waals surface area contributed by atoms with Crippen molar-refractivity contribution in [2.45, 2.75) is 44.9 Å². The maximum Gasteiger partial charge on any atom is 0.451 e. The molecule has 0 bridgehead atoms. The molecule has 0 saturated heterocycles. The molecule has 0 unspecified atom stereocenters. The number of likely N-dealkylation sites (N-methyl/N-ethyl adjacent to an activating group) is 1. The van der Waals surface area contributed by atoms with Gasteiger partial charge in [-0.15, -0.1) is 0 Å². The minimum Gasteiger partial charge on any atom is -0.308 e. The summed E-state index contributed by atoms with van der Waals surface area (Å²) < 4.78 is 36.8. The fraction of sp³-hybridized carbons (Fsp3) is 0.818. The quantitative estimate of drug-likeness (QED) is 0.756. The fourth-order valence-electron chi connectivity index (χ4n) is 1.10. The van der Waals surface area contributed by atoms with E-state index in [1.54, 1.807) is 20.9 Å². The zero-order valence-corrected chi connectivity index (χ0v) is 11.2. The molecule has 0 aromatic rings. The van der Waals surface area contributed by atoms with Crippen molar-refractivity contribution in [3.63, 3.8) is 0 Å². The van der Waals surface area contributed by atoms with Crippen LogP contribution in [-0.4, -0.2) is 42.4 Å². The van der Waals surface area contributed by atoms with Gasteiger partial charge < -0.3 is 5.32 Å². The summed E-state index contributed by atoms with van der Waals surface area (Å²) in [5.41, 5.74) is -2.68. The molecule has 0 heterocycles. The third-order valence-corrected chi connectivity index (χ3v) is 2.84. The summed E-state index contributed by atoms with van der Waals surface area (Å²) in [4.78, 5) is 22.8. The second kappa shape index (κ2) is 5.36. The van der Waals surface area contributed by atoms with E-state index in [9.17, 15) is 22.8 Å². The Morgan fingerprint density at radius 1 is 1.00 bits per heavy atom. The van der Waals surface area contributed by atoms with Crippen LogP contribution in [0.4, 0.5) is 13.2 Å². The Balaban J connectivity index is 4.64. The summed E-state index contributed by atoms with van der Waals surface area (Å²) in [5, 5.41) is 5.09. The van der Waals surface area contributed by atoms with Crippen LogP contribution in [0, 0.1) is 0 Å². The van der Waals surface area contributed by atoms with Crippen LogP contribution in [0.1, 0.15) is 27.7 Å². The second-order valence-corrected chi connectivity index (χ2v) is 5.10.